The molecule has 1 aliphatic rings. The summed E-state index contributed by atoms with van der Waals surface area (Å²) >= 11 is 3.11. The summed E-state index contributed by atoms with van der Waals surface area (Å²) in [5.74, 6) is -1.39. The van der Waals surface area contributed by atoms with Crippen molar-refractivity contribution >= 4 is 45.3 Å². The van der Waals surface area contributed by atoms with Crippen LogP contribution in [0.2, 0.25) is 0 Å². The van der Waals surface area contributed by atoms with E-state index < -0.39 is 21.8 Å². The maximum atomic E-state index is 12.3. The summed E-state index contributed by atoms with van der Waals surface area (Å²) in [6.45, 7) is 1.82. The lowest BCUT2D eigenvalue weighted by Crippen LogP contribution is -2.16. The maximum Gasteiger partial charge on any atom is 0.358 e. The molecule has 4 rings (SSSR count). The van der Waals surface area contributed by atoms with Gasteiger partial charge in [0.05, 0.1) is 0 Å². The molecule has 0 spiro atoms. The van der Waals surface area contributed by atoms with Crippen molar-refractivity contribution in [3.8, 4) is 0 Å². The number of hydrogen-bond donors (Lipinski definition) is 1. The van der Waals surface area contributed by atoms with Gasteiger partial charge >= 0.3 is 16.1 Å². The Bertz CT molecular complexity index is 1270. The minimum atomic E-state index is -4.23. The van der Waals surface area contributed by atoms with E-state index in [9.17, 15) is 18.3 Å². The van der Waals surface area contributed by atoms with Crippen LogP contribution < -0.4 is 0 Å². The van der Waals surface area contributed by atoms with E-state index in [0.29, 0.717) is 0 Å². The van der Waals surface area contributed by atoms with Crippen LogP contribution in [0.4, 0.5) is 0 Å². The minimum absolute atomic E-state index is 0.101. The third-order valence-corrected chi connectivity index (χ3v) is 7.91. The molecule has 0 atom stereocenters. The molecule has 6 nitrogen and oxygen atoms in total. The third-order valence-electron chi connectivity index (χ3n) is 4.25. The Balaban J connectivity index is 1.64. The first-order valence-electron chi connectivity index (χ1n) is 8.74. The van der Waals surface area contributed by atoms with Gasteiger partial charge in [0, 0.05) is 25.1 Å². The van der Waals surface area contributed by atoms with E-state index in [-0.39, 0.29) is 10.5 Å². The molecule has 3 aromatic carbocycles. The van der Waals surface area contributed by atoms with Crippen molar-refractivity contribution in [1.82, 2.24) is 0 Å². The number of hydrogen-bond acceptors (Lipinski definition) is 7. The van der Waals surface area contributed by atoms with Crippen molar-refractivity contribution in [2.75, 3.05) is 0 Å². The van der Waals surface area contributed by atoms with Gasteiger partial charge < -0.3 is 5.11 Å². The average Bonchev–Trinajstić information content (AvgIpc) is 2.72. The number of aryl methyl sites for hydroxylation is 1. The number of oxime groups is 1. The molecule has 1 N–H and O–H groups in total. The van der Waals surface area contributed by atoms with Gasteiger partial charge in [-0.15, -0.1) is 0 Å². The third kappa shape index (κ3) is 4.23. The Labute approximate surface area is 182 Å². The van der Waals surface area contributed by atoms with Gasteiger partial charge in [-0.25, -0.2) is 4.79 Å². The zero-order chi connectivity index (χ0) is 21.3. The Morgan fingerprint density at radius 3 is 2.13 bits per heavy atom. The summed E-state index contributed by atoms with van der Waals surface area (Å²) in [5, 5.41) is 13.0. The summed E-state index contributed by atoms with van der Waals surface area (Å²) in [6, 6.07) is 19.0. The minimum Gasteiger partial charge on any atom is -0.476 e. The molecule has 1 heterocycles. The van der Waals surface area contributed by atoms with Crippen LogP contribution >= 0.6 is 23.5 Å². The Morgan fingerprint density at radius 1 is 0.900 bits per heavy atom. The van der Waals surface area contributed by atoms with Crippen LogP contribution in [0.1, 0.15) is 11.1 Å². The van der Waals surface area contributed by atoms with Crippen LogP contribution in [-0.4, -0.2) is 25.2 Å². The van der Waals surface area contributed by atoms with E-state index in [1.54, 1.807) is 42.1 Å². The topological polar surface area (TPSA) is 93.0 Å². The molecular formula is C21H15NO5S3. The predicted octanol–water partition coefficient (Wildman–Crippen LogP) is 4.81. The molecule has 30 heavy (non-hydrogen) atoms. The number of fused-ring (bicyclic) bond motifs is 2. The molecule has 152 valence electrons. The molecule has 1 aliphatic heterocycles. The van der Waals surface area contributed by atoms with Crippen LogP contribution in [0.3, 0.4) is 0 Å². The molecular weight excluding hydrogens is 442 g/mol. The van der Waals surface area contributed by atoms with Gasteiger partial charge in [0.25, 0.3) is 0 Å². The SMILES string of the molecule is Cc1ccc(S(=O)(=O)ON=C(C(=O)O)c2ccc3c(c2)Sc2ccccc2S3)cc1. The quantitative estimate of drug-likeness (QED) is 0.340. The van der Waals surface area contributed by atoms with Crippen molar-refractivity contribution in [2.24, 2.45) is 5.16 Å². The first-order chi connectivity index (χ1) is 14.3. The van der Waals surface area contributed by atoms with Crippen molar-refractivity contribution in [2.45, 2.75) is 31.4 Å². The molecule has 9 heteroatoms. The Morgan fingerprint density at radius 2 is 1.50 bits per heavy atom. The van der Waals surface area contributed by atoms with E-state index in [4.69, 9.17) is 4.28 Å². The smallest absolute Gasteiger partial charge is 0.358 e. The fourth-order valence-corrected chi connectivity index (χ4v) is 5.71. The lowest BCUT2D eigenvalue weighted by atomic mass is 10.1. The first kappa shape index (κ1) is 20.5. The van der Waals surface area contributed by atoms with Gasteiger partial charge in [-0.3, -0.25) is 4.28 Å². The second-order valence-corrected chi connectivity index (χ2v) is 10.1. The van der Waals surface area contributed by atoms with Crippen LogP contribution in [0.5, 0.6) is 0 Å². The van der Waals surface area contributed by atoms with Crippen molar-refractivity contribution in [3.63, 3.8) is 0 Å². The molecule has 0 amide bonds. The fourth-order valence-electron chi connectivity index (χ4n) is 2.72. The molecule has 0 aromatic heterocycles. The van der Waals surface area contributed by atoms with E-state index >= 15 is 0 Å². The van der Waals surface area contributed by atoms with E-state index in [1.807, 2.05) is 31.2 Å². The lowest BCUT2D eigenvalue weighted by Gasteiger charge is -2.18. The maximum absolute atomic E-state index is 12.3. The zero-order valence-electron chi connectivity index (χ0n) is 15.6. The van der Waals surface area contributed by atoms with Gasteiger partial charge in [0.2, 0.25) is 0 Å². The van der Waals surface area contributed by atoms with Crippen LogP contribution in [0.15, 0.2) is 96.4 Å². The molecule has 0 saturated heterocycles. The number of carboxylic acid groups (broad SMARTS) is 1. The molecule has 0 fully saturated rings. The van der Waals surface area contributed by atoms with Crippen molar-refractivity contribution in [1.29, 1.82) is 0 Å². The predicted molar refractivity (Wildman–Crippen MR) is 115 cm³/mol. The summed E-state index contributed by atoms with van der Waals surface area (Å²) in [4.78, 5) is 15.7. The van der Waals surface area contributed by atoms with Gasteiger partial charge in [-0.1, -0.05) is 64.6 Å². The van der Waals surface area contributed by atoms with Gasteiger partial charge in [0.15, 0.2) is 5.71 Å². The molecule has 0 bridgehead atoms. The second kappa shape index (κ2) is 8.17. The molecule has 0 unspecified atom stereocenters. The zero-order valence-corrected chi connectivity index (χ0v) is 18.1. The van der Waals surface area contributed by atoms with Gasteiger partial charge in [-0.2, -0.15) is 8.42 Å². The molecule has 0 aliphatic carbocycles. The van der Waals surface area contributed by atoms with E-state index in [2.05, 4.69) is 5.16 Å². The van der Waals surface area contributed by atoms with Crippen LogP contribution in [-0.2, 0) is 19.2 Å². The normalized spacial score (nSPS) is 13.3. The number of carbonyl (C=O) groups is 1. The van der Waals surface area contributed by atoms with E-state index in [0.717, 1.165) is 25.1 Å². The summed E-state index contributed by atoms with van der Waals surface area (Å²) in [7, 11) is -4.23. The summed E-state index contributed by atoms with van der Waals surface area (Å²) in [6.07, 6.45) is 0. The highest BCUT2D eigenvalue weighted by Gasteiger charge is 2.22. The molecule has 0 saturated carbocycles. The highest BCUT2D eigenvalue weighted by molar-refractivity contribution is 8.05. The van der Waals surface area contributed by atoms with Crippen LogP contribution in [0, 0.1) is 6.92 Å². The first-order valence-corrected chi connectivity index (χ1v) is 11.8. The van der Waals surface area contributed by atoms with Gasteiger partial charge in [0.1, 0.15) is 4.90 Å². The highest BCUT2D eigenvalue weighted by atomic mass is 32.2. The molecule has 3 aromatic rings. The second-order valence-electron chi connectivity index (χ2n) is 6.40. The number of nitrogens with zero attached hydrogens (tertiary/aromatic N) is 1. The van der Waals surface area contributed by atoms with Gasteiger partial charge in [-0.05, 0) is 43.3 Å². The number of benzene rings is 3. The highest BCUT2D eigenvalue weighted by Crippen LogP contribution is 2.48. The Hall–Kier alpha value is -2.75. The van der Waals surface area contributed by atoms with E-state index in [1.165, 1.54) is 23.9 Å². The largest absolute Gasteiger partial charge is 0.476 e. The van der Waals surface area contributed by atoms with Crippen molar-refractivity contribution < 1.29 is 22.6 Å². The Kier molecular flexibility index (Phi) is 5.59. The summed E-state index contributed by atoms with van der Waals surface area (Å²) < 4.78 is 29.4. The summed E-state index contributed by atoms with van der Waals surface area (Å²) in [5.41, 5.74) is 0.653. The number of aliphatic carboxylic acids is 1. The number of rotatable bonds is 5. The van der Waals surface area contributed by atoms with Crippen molar-refractivity contribution in [3.05, 3.63) is 77.9 Å². The molecule has 0 radical (unpaired) electrons. The standard InChI is InChI=1S/C21H15NO5S3/c1-13-6-9-15(10-7-13)30(25,26)27-22-20(21(23)24)14-8-11-18-19(12-14)29-17-5-3-2-4-16(17)28-18/h2-12H,1H3,(H,23,24). The lowest BCUT2D eigenvalue weighted by molar-refractivity contribution is -0.129. The average molecular weight is 458 g/mol. The van der Waals surface area contributed by atoms with Crippen LogP contribution in [0.25, 0.3) is 0 Å². The fraction of sp³-hybridized carbons (Fsp3) is 0.0476. The monoisotopic (exact) mass is 457 g/mol. The number of carboxylic acids is 1.